The summed E-state index contributed by atoms with van der Waals surface area (Å²) in [5, 5.41) is 0.954. The lowest BCUT2D eigenvalue weighted by molar-refractivity contribution is 1.21. The van der Waals surface area contributed by atoms with Gasteiger partial charge in [0.2, 0.25) is 0 Å². The van der Waals surface area contributed by atoms with Gasteiger partial charge in [-0.15, -0.1) is 11.3 Å². The summed E-state index contributed by atoms with van der Waals surface area (Å²) in [6, 6.07) is 5.72. The van der Waals surface area contributed by atoms with E-state index in [0.29, 0.717) is 6.42 Å². The SMILES string of the molecule is [CH]Cc1nc2cc([CH])ccc2s1. The highest BCUT2D eigenvalue weighted by molar-refractivity contribution is 7.18. The molecule has 1 aromatic heterocycles. The van der Waals surface area contributed by atoms with Crippen LogP contribution >= 0.6 is 11.3 Å². The summed E-state index contributed by atoms with van der Waals surface area (Å²) in [5.41, 5.74) is 1.69. The number of hydrogen-bond acceptors (Lipinski definition) is 2. The zero-order valence-corrected chi connectivity index (χ0v) is 7.27. The summed E-state index contributed by atoms with van der Waals surface area (Å²) in [7, 11) is 0. The molecule has 0 saturated heterocycles. The van der Waals surface area contributed by atoms with E-state index in [1.54, 1.807) is 11.3 Å². The molecule has 0 fully saturated rings. The van der Waals surface area contributed by atoms with E-state index in [1.165, 1.54) is 0 Å². The van der Waals surface area contributed by atoms with Gasteiger partial charge in [-0.05, 0) is 31.5 Å². The summed E-state index contributed by atoms with van der Waals surface area (Å²) < 4.78 is 1.14. The predicted octanol–water partition coefficient (Wildman–Crippen LogP) is 2.61. The van der Waals surface area contributed by atoms with Crippen LogP contribution in [0.1, 0.15) is 10.6 Å². The normalized spacial score (nSPS) is 10.8. The first-order chi connectivity index (χ1) is 5.79. The van der Waals surface area contributed by atoms with Crippen molar-refractivity contribution in [3.05, 3.63) is 42.6 Å². The maximum Gasteiger partial charge on any atom is 0.0941 e. The summed E-state index contributed by atoms with van der Waals surface area (Å²) in [6.45, 7) is 11.1. The Balaban J connectivity index is 2.67. The van der Waals surface area contributed by atoms with E-state index >= 15 is 0 Å². The van der Waals surface area contributed by atoms with Crippen LogP contribution in [0.2, 0.25) is 0 Å². The Bertz CT molecular complexity index is 403. The van der Waals surface area contributed by atoms with Gasteiger partial charge in [0.15, 0.2) is 0 Å². The molecule has 0 unspecified atom stereocenters. The number of rotatable bonds is 1. The van der Waals surface area contributed by atoms with E-state index in [1.807, 2.05) is 18.2 Å². The molecule has 0 aliphatic rings. The molecule has 0 spiro atoms. The standard InChI is InChI=1S/C10H7NS/c1-3-10-11-8-6-7(2)4-5-9(8)12-10/h1-2,4-6H,3H2. The monoisotopic (exact) mass is 173 g/mol. The van der Waals surface area contributed by atoms with E-state index in [9.17, 15) is 0 Å². The van der Waals surface area contributed by atoms with Crippen LogP contribution in [0.5, 0.6) is 0 Å². The van der Waals surface area contributed by atoms with Crippen molar-refractivity contribution in [1.82, 2.24) is 4.98 Å². The van der Waals surface area contributed by atoms with Gasteiger partial charge in [-0.3, -0.25) is 0 Å². The smallest absolute Gasteiger partial charge is 0.0941 e. The molecule has 1 nitrogen and oxygen atoms in total. The van der Waals surface area contributed by atoms with Crippen LogP contribution in [-0.4, -0.2) is 4.98 Å². The third-order valence-corrected chi connectivity index (χ3v) is 2.69. The van der Waals surface area contributed by atoms with E-state index in [4.69, 9.17) is 13.8 Å². The minimum absolute atomic E-state index is 0.499. The second-order valence-corrected chi connectivity index (χ2v) is 3.65. The Labute approximate surface area is 76.1 Å². The van der Waals surface area contributed by atoms with Gasteiger partial charge in [0.05, 0.1) is 15.2 Å². The molecule has 4 radical (unpaired) electrons. The van der Waals surface area contributed by atoms with Gasteiger partial charge in [-0.25, -0.2) is 4.98 Å². The molecule has 0 atom stereocenters. The fourth-order valence-electron chi connectivity index (χ4n) is 1.08. The molecule has 2 rings (SSSR count). The lowest BCUT2D eigenvalue weighted by Gasteiger charge is -1.88. The predicted molar refractivity (Wildman–Crippen MR) is 51.0 cm³/mol. The van der Waals surface area contributed by atoms with Gasteiger partial charge < -0.3 is 0 Å². The molecule has 0 bridgehead atoms. The van der Waals surface area contributed by atoms with E-state index in [-0.39, 0.29) is 0 Å². The highest BCUT2D eigenvalue weighted by atomic mass is 32.1. The Morgan fingerprint density at radius 3 is 3.00 bits per heavy atom. The zero-order valence-electron chi connectivity index (χ0n) is 6.45. The third kappa shape index (κ3) is 1.23. The van der Waals surface area contributed by atoms with Crippen LogP contribution in [0.25, 0.3) is 10.2 Å². The Morgan fingerprint density at radius 1 is 1.42 bits per heavy atom. The van der Waals surface area contributed by atoms with Crippen LogP contribution in [0.3, 0.4) is 0 Å². The van der Waals surface area contributed by atoms with Crippen LogP contribution in [0.4, 0.5) is 0 Å². The Hall–Kier alpha value is -0.890. The van der Waals surface area contributed by atoms with Gasteiger partial charge in [0.25, 0.3) is 0 Å². The molecule has 0 saturated carbocycles. The van der Waals surface area contributed by atoms with Crippen molar-refractivity contribution < 1.29 is 0 Å². The first-order valence-electron chi connectivity index (χ1n) is 3.64. The molecule has 1 heterocycles. The molecule has 2 heteroatoms. The van der Waals surface area contributed by atoms with Gasteiger partial charge >= 0.3 is 0 Å². The summed E-state index contributed by atoms with van der Waals surface area (Å²) in [4.78, 5) is 4.31. The molecule has 58 valence electrons. The lowest BCUT2D eigenvalue weighted by Crippen LogP contribution is -1.75. The van der Waals surface area contributed by atoms with E-state index in [0.717, 1.165) is 20.8 Å². The number of benzene rings is 1. The number of fused-ring (bicyclic) bond motifs is 1. The number of thiazole rings is 1. The first kappa shape index (κ1) is 7.74. The van der Waals surface area contributed by atoms with E-state index in [2.05, 4.69) is 4.98 Å². The van der Waals surface area contributed by atoms with E-state index < -0.39 is 0 Å². The second kappa shape index (κ2) is 2.87. The van der Waals surface area contributed by atoms with Crippen LogP contribution in [-0.2, 0) is 6.42 Å². The Kier molecular flexibility index (Phi) is 1.85. The molecule has 0 aliphatic carbocycles. The van der Waals surface area contributed by atoms with Crippen molar-refractivity contribution >= 4 is 21.6 Å². The van der Waals surface area contributed by atoms with Crippen LogP contribution in [0.15, 0.2) is 18.2 Å². The molecule has 12 heavy (non-hydrogen) atoms. The van der Waals surface area contributed by atoms with Gasteiger partial charge in [0, 0.05) is 6.42 Å². The molecule has 1 aromatic carbocycles. The molecular formula is C10H7NS. The summed E-state index contributed by atoms with van der Waals surface area (Å²) in [6.07, 6.45) is 0.499. The highest BCUT2D eigenvalue weighted by Gasteiger charge is 2.00. The first-order valence-corrected chi connectivity index (χ1v) is 4.46. The fourth-order valence-corrected chi connectivity index (χ4v) is 1.91. The van der Waals surface area contributed by atoms with Crippen molar-refractivity contribution in [1.29, 1.82) is 0 Å². The minimum Gasteiger partial charge on any atom is -0.241 e. The van der Waals surface area contributed by atoms with Crippen molar-refractivity contribution in [3.8, 4) is 0 Å². The van der Waals surface area contributed by atoms with Gasteiger partial charge in [0.1, 0.15) is 0 Å². The molecule has 2 aromatic rings. The number of nitrogens with zero attached hydrogens (tertiary/aromatic N) is 1. The Morgan fingerprint density at radius 2 is 2.25 bits per heavy atom. The molecule has 0 amide bonds. The summed E-state index contributed by atoms with van der Waals surface area (Å²) in [5.74, 6) is 0. The molecule has 0 aliphatic heterocycles. The lowest BCUT2D eigenvalue weighted by atomic mass is 10.2. The van der Waals surface area contributed by atoms with Gasteiger partial charge in [-0.1, -0.05) is 6.07 Å². The maximum atomic E-state index is 5.61. The topological polar surface area (TPSA) is 12.9 Å². The largest absolute Gasteiger partial charge is 0.241 e. The van der Waals surface area contributed by atoms with Crippen molar-refractivity contribution in [2.45, 2.75) is 6.42 Å². The third-order valence-electron chi connectivity index (χ3n) is 1.63. The van der Waals surface area contributed by atoms with Crippen LogP contribution in [0, 0.1) is 13.8 Å². The second-order valence-electron chi connectivity index (χ2n) is 2.54. The maximum absolute atomic E-state index is 5.61. The van der Waals surface area contributed by atoms with Crippen molar-refractivity contribution in [3.63, 3.8) is 0 Å². The van der Waals surface area contributed by atoms with Gasteiger partial charge in [-0.2, -0.15) is 0 Å². The average molecular weight is 173 g/mol. The quantitative estimate of drug-likeness (QED) is 0.646. The number of aromatic nitrogens is 1. The van der Waals surface area contributed by atoms with Crippen molar-refractivity contribution in [2.24, 2.45) is 0 Å². The average Bonchev–Trinajstić information content (AvgIpc) is 2.46. The van der Waals surface area contributed by atoms with Crippen LogP contribution < -0.4 is 0 Å². The summed E-state index contributed by atoms with van der Waals surface area (Å²) >= 11 is 1.61. The number of hydrogen-bond donors (Lipinski definition) is 0. The minimum atomic E-state index is 0.499. The fraction of sp³-hybridized carbons (Fsp3) is 0.100. The molecule has 0 N–H and O–H groups in total. The zero-order chi connectivity index (χ0) is 8.55. The van der Waals surface area contributed by atoms with Crippen molar-refractivity contribution in [2.75, 3.05) is 0 Å². The highest BCUT2D eigenvalue weighted by Crippen LogP contribution is 2.22. The molecular weight excluding hydrogens is 166 g/mol.